The number of amides is 1. The summed E-state index contributed by atoms with van der Waals surface area (Å²) in [5.41, 5.74) is 1.68. The number of alkyl halides is 2. The molecule has 0 spiro atoms. The van der Waals surface area contributed by atoms with Crippen molar-refractivity contribution in [2.45, 2.75) is 39.2 Å². The first-order chi connectivity index (χ1) is 14.4. The molecule has 0 heterocycles. The lowest BCUT2D eigenvalue weighted by atomic mass is 10.0. The minimum absolute atomic E-state index is 0.0283. The Balaban J connectivity index is 1.76. The molecule has 0 aromatic heterocycles. The minimum atomic E-state index is -3.04. The summed E-state index contributed by atoms with van der Waals surface area (Å²) in [5, 5.41) is 2.34. The van der Waals surface area contributed by atoms with Crippen LogP contribution in [-0.2, 0) is 20.7 Å². The maximum atomic E-state index is 12.4. The number of halogens is 2. The second-order valence-electron chi connectivity index (χ2n) is 6.45. The highest BCUT2D eigenvalue weighted by atomic mass is 19.3. The van der Waals surface area contributed by atoms with Crippen LogP contribution in [0.5, 0.6) is 5.75 Å². The topological polar surface area (TPSA) is 81.7 Å². The Morgan fingerprint density at radius 3 is 2.37 bits per heavy atom. The number of carbonyl (C=O) groups is 3. The second kappa shape index (κ2) is 11.6. The molecule has 2 rings (SSSR count). The van der Waals surface area contributed by atoms with Crippen LogP contribution < -0.4 is 10.1 Å². The molecule has 0 unspecified atom stereocenters. The van der Waals surface area contributed by atoms with Gasteiger partial charge in [0.2, 0.25) is 0 Å². The van der Waals surface area contributed by atoms with E-state index in [9.17, 15) is 23.2 Å². The van der Waals surface area contributed by atoms with Gasteiger partial charge in [-0.15, -0.1) is 0 Å². The van der Waals surface area contributed by atoms with Crippen molar-refractivity contribution in [3.05, 3.63) is 59.7 Å². The number of carbonyl (C=O) groups excluding carboxylic acids is 3. The van der Waals surface area contributed by atoms with Crippen LogP contribution in [0.2, 0.25) is 0 Å². The molecule has 0 bridgehead atoms. The molecule has 0 radical (unpaired) electrons. The first-order valence-electron chi connectivity index (χ1n) is 9.50. The number of anilines is 1. The SMILES string of the molecule is CCCc1ccc(C(=O)CCC(=O)OCC(=O)Nc2ccccc2OC(F)F)cc1. The molecule has 2 aromatic rings. The summed E-state index contributed by atoms with van der Waals surface area (Å²) < 4.78 is 33.9. The van der Waals surface area contributed by atoms with Crippen molar-refractivity contribution in [1.82, 2.24) is 0 Å². The number of ketones is 1. The molecule has 8 heteroatoms. The molecule has 0 aliphatic rings. The summed E-state index contributed by atoms with van der Waals surface area (Å²) >= 11 is 0. The number of nitrogens with one attached hydrogen (secondary N) is 1. The number of benzene rings is 2. The van der Waals surface area contributed by atoms with Crippen LogP contribution >= 0.6 is 0 Å². The summed E-state index contributed by atoms with van der Waals surface area (Å²) in [5.74, 6) is -1.83. The highest BCUT2D eigenvalue weighted by Crippen LogP contribution is 2.25. The first kappa shape index (κ1) is 23.0. The van der Waals surface area contributed by atoms with Crippen molar-refractivity contribution in [2.24, 2.45) is 0 Å². The van der Waals surface area contributed by atoms with Gasteiger partial charge in [0.25, 0.3) is 5.91 Å². The average molecular weight is 419 g/mol. The molecule has 0 aliphatic heterocycles. The van der Waals surface area contributed by atoms with E-state index in [0.717, 1.165) is 18.4 Å². The molecule has 0 atom stereocenters. The van der Waals surface area contributed by atoms with E-state index in [1.165, 1.54) is 24.3 Å². The number of hydrogen-bond donors (Lipinski definition) is 1. The molecule has 1 N–H and O–H groups in total. The number of aryl methyl sites for hydroxylation is 1. The Morgan fingerprint density at radius 1 is 1.00 bits per heavy atom. The fourth-order valence-electron chi connectivity index (χ4n) is 2.68. The van der Waals surface area contributed by atoms with Crippen molar-refractivity contribution in [1.29, 1.82) is 0 Å². The van der Waals surface area contributed by atoms with Gasteiger partial charge in [-0.25, -0.2) is 0 Å². The van der Waals surface area contributed by atoms with Crippen LogP contribution in [0.4, 0.5) is 14.5 Å². The summed E-state index contributed by atoms with van der Waals surface area (Å²) in [6.45, 7) is -1.58. The molecule has 1 amide bonds. The van der Waals surface area contributed by atoms with Crippen LogP contribution in [0.3, 0.4) is 0 Å². The summed E-state index contributed by atoms with van der Waals surface area (Å²) in [6, 6.07) is 12.9. The molecular weight excluding hydrogens is 396 g/mol. The Bertz CT molecular complexity index is 868. The molecule has 160 valence electrons. The van der Waals surface area contributed by atoms with Crippen LogP contribution in [-0.4, -0.2) is 30.9 Å². The second-order valence-corrected chi connectivity index (χ2v) is 6.45. The zero-order chi connectivity index (χ0) is 21.9. The van der Waals surface area contributed by atoms with Crippen molar-refractivity contribution in [3.63, 3.8) is 0 Å². The number of rotatable bonds is 11. The van der Waals surface area contributed by atoms with E-state index in [1.807, 2.05) is 12.1 Å². The predicted octanol–water partition coefficient (Wildman–Crippen LogP) is 4.39. The zero-order valence-electron chi connectivity index (χ0n) is 16.5. The number of para-hydroxylation sites is 2. The lowest BCUT2D eigenvalue weighted by Gasteiger charge is -2.11. The molecule has 0 saturated carbocycles. The van der Waals surface area contributed by atoms with E-state index in [-0.39, 0.29) is 30.1 Å². The number of Topliss-reactive ketones (excluding diaryl/α,β-unsaturated/α-hetero) is 1. The lowest BCUT2D eigenvalue weighted by molar-refractivity contribution is -0.147. The van der Waals surface area contributed by atoms with Crippen LogP contribution in [0.15, 0.2) is 48.5 Å². The Labute approximate surface area is 173 Å². The smallest absolute Gasteiger partial charge is 0.387 e. The fourth-order valence-corrected chi connectivity index (χ4v) is 2.68. The van der Waals surface area contributed by atoms with Gasteiger partial charge >= 0.3 is 12.6 Å². The van der Waals surface area contributed by atoms with Crippen LogP contribution in [0, 0.1) is 0 Å². The monoisotopic (exact) mass is 419 g/mol. The maximum absolute atomic E-state index is 12.4. The van der Waals surface area contributed by atoms with Crippen molar-refractivity contribution >= 4 is 23.3 Å². The quantitative estimate of drug-likeness (QED) is 0.432. The number of hydrogen-bond acceptors (Lipinski definition) is 5. The maximum Gasteiger partial charge on any atom is 0.387 e. The lowest BCUT2D eigenvalue weighted by Crippen LogP contribution is -2.21. The molecule has 0 saturated heterocycles. The Morgan fingerprint density at radius 2 is 1.70 bits per heavy atom. The molecule has 6 nitrogen and oxygen atoms in total. The third-order valence-corrected chi connectivity index (χ3v) is 4.11. The van der Waals surface area contributed by atoms with Gasteiger partial charge < -0.3 is 14.8 Å². The van der Waals surface area contributed by atoms with Crippen molar-refractivity contribution in [2.75, 3.05) is 11.9 Å². The van der Waals surface area contributed by atoms with Crippen molar-refractivity contribution in [3.8, 4) is 5.75 Å². The van der Waals surface area contributed by atoms with E-state index in [0.29, 0.717) is 5.56 Å². The number of ether oxygens (including phenoxy) is 2. The standard InChI is InChI=1S/C22H23F2NO5/c1-2-5-15-8-10-16(11-9-15)18(26)12-13-21(28)29-14-20(27)25-17-6-3-4-7-19(17)30-22(23)24/h3-4,6-11,22H,2,5,12-14H2,1H3,(H,25,27). The van der Waals surface area contributed by atoms with Gasteiger partial charge in [0.05, 0.1) is 12.1 Å². The predicted molar refractivity (Wildman–Crippen MR) is 107 cm³/mol. The zero-order valence-corrected chi connectivity index (χ0v) is 16.5. The highest BCUT2D eigenvalue weighted by molar-refractivity contribution is 5.98. The fraction of sp³-hybridized carbons (Fsp3) is 0.318. The normalized spacial score (nSPS) is 10.5. The molecule has 2 aromatic carbocycles. The van der Waals surface area contributed by atoms with Gasteiger partial charge in [-0.1, -0.05) is 49.7 Å². The molecule has 0 fully saturated rings. The minimum Gasteiger partial charge on any atom is -0.456 e. The van der Waals surface area contributed by atoms with Gasteiger partial charge in [-0.3, -0.25) is 14.4 Å². The Hall–Kier alpha value is -3.29. The van der Waals surface area contributed by atoms with Gasteiger partial charge in [0.15, 0.2) is 12.4 Å². The summed E-state index contributed by atoms with van der Waals surface area (Å²) in [6.07, 6.45) is 1.73. The Kier molecular flexibility index (Phi) is 8.93. The third kappa shape index (κ3) is 7.62. The van der Waals surface area contributed by atoms with Gasteiger partial charge in [0.1, 0.15) is 5.75 Å². The van der Waals surface area contributed by atoms with Gasteiger partial charge in [-0.2, -0.15) is 8.78 Å². The number of esters is 1. The van der Waals surface area contributed by atoms with Gasteiger partial charge in [-0.05, 0) is 24.1 Å². The van der Waals surface area contributed by atoms with E-state index in [4.69, 9.17) is 4.74 Å². The summed E-state index contributed by atoms with van der Waals surface area (Å²) in [4.78, 5) is 35.9. The van der Waals surface area contributed by atoms with Crippen molar-refractivity contribution < 1.29 is 32.6 Å². The summed E-state index contributed by atoms with van der Waals surface area (Å²) in [7, 11) is 0. The average Bonchev–Trinajstić information content (AvgIpc) is 2.72. The van der Waals surface area contributed by atoms with E-state index < -0.39 is 25.1 Å². The van der Waals surface area contributed by atoms with E-state index >= 15 is 0 Å². The van der Waals surface area contributed by atoms with E-state index in [2.05, 4.69) is 17.0 Å². The van der Waals surface area contributed by atoms with Crippen LogP contribution in [0.25, 0.3) is 0 Å². The first-order valence-corrected chi connectivity index (χ1v) is 9.50. The highest BCUT2D eigenvalue weighted by Gasteiger charge is 2.14. The largest absolute Gasteiger partial charge is 0.456 e. The third-order valence-electron chi connectivity index (χ3n) is 4.11. The van der Waals surface area contributed by atoms with E-state index in [1.54, 1.807) is 12.1 Å². The molecule has 0 aliphatic carbocycles. The molecular formula is C22H23F2NO5. The molecule has 30 heavy (non-hydrogen) atoms. The van der Waals surface area contributed by atoms with Gasteiger partial charge in [0, 0.05) is 12.0 Å². The van der Waals surface area contributed by atoms with Crippen LogP contribution in [0.1, 0.15) is 42.1 Å².